The first-order chi connectivity index (χ1) is 14.1. The van der Waals surface area contributed by atoms with Crippen LogP contribution in [0.5, 0.6) is 0 Å². The molecule has 1 aliphatic heterocycles. The molecule has 2 aliphatic rings. The topological polar surface area (TPSA) is 105 Å². The van der Waals surface area contributed by atoms with Gasteiger partial charge >= 0.3 is 12.0 Å². The Bertz CT molecular complexity index is 884. The molecule has 0 unspecified atom stereocenters. The summed E-state index contributed by atoms with van der Waals surface area (Å²) < 4.78 is 5.18. The van der Waals surface area contributed by atoms with Crippen molar-refractivity contribution in [2.24, 2.45) is 5.92 Å². The number of esters is 1. The van der Waals surface area contributed by atoms with E-state index in [1.54, 1.807) is 6.07 Å². The van der Waals surface area contributed by atoms with Gasteiger partial charge in [0.1, 0.15) is 12.1 Å². The molecule has 1 spiro atoms. The number of nitrogens with one attached hydrogen (secondary N) is 2. The van der Waals surface area contributed by atoms with Crippen LogP contribution in [0.4, 0.5) is 10.5 Å². The first-order valence-corrected chi connectivity index (χ1v) is 10.4. The quantitative estimate of drug-likeness (QED) is 0.568. The van der Waals surface area contributed by atoms with Crippen molar-refractivity contribution in [2.45, 2.75) is 65.0 Å². The van der Waals surface area contributed by atoms with E-state index in [-0.39, 0.29) is 11.8 Å². The van der Waals surface area contributed by atoms with Gasteiger partial charge in [-0.25, -0.2) is 4.79 Å². The molecule has 30 heavy (non-hydrogen) atoms. The molecule has 1 saturated heterocycles. The van der Waals surface area contributed by atoms with Gasteiger partial charge in [-0.3, -0.25) is 19.3 Å². The number of amides is 4. The van der Waals surface area contributed by atoms with Crippen molar-refractivity contribution in [1.82, 2.24) is 10.2 Å². The Morgan fingerprint density at radius 2 is 2.03 bits per heavy atom. The van der Waals surface area contributed by atoms with Crippen molar-refractivity contribution in [1.29, 1.82) is 0 Å². The fraction of sp³-hybridized carbons (Fsp3) is 0.545. The van der Waals surface area contributed by atoms with Gasteiger partial charge in [-0.05, 0) is 51.2 Å². The summed E-state index contributed by atoms with van der Waals surface area (Å²) in [6, 6.07) is 5.01. The van der Waals surface area contributed by atoms with Crippen LogP contribution in [0.15, 0.2) is 18.2 Å². The highest BCUT2D eigenvalue weighted by molar-refractivity contribution is 6.09. The molecule has 0 radical (unpaired) electrons. The van der Waals surface area contributed by atoms with E-state index in [2.05, 4.69) is 10.6 Å². The van der Waals surface area contributed by atoms with Gasteiger partial charge in [0.15, 0.2) is 6.10 Å². The van der Waals surface area contributed by atoms with Gasteiger partial charge in [0.2, 0.25) is 0 Å². The van der Waals surface area contributed by atoms with E-state index in [1.807, 2.05) is 32.9 Å². The van der Waals surface area contributed by atoms with Crippen LogP contribution in [-0.2, 0) is 19.1 Å². The monoisotopic (exact) mass is 415 g/mol. The zero-order valence-corrected chi connectivity index (χ0v) is 17.9. The fourth-order valence-corrected chi connectivity index (χ4v) is 4.24. The lowest BCUT2D eigenvalue weighted by Crippen LogP contribution is -2.54. The number of ether oxygens (including phenoxy) is 1. The molecular formula is C22H29N3O5. The van der Waals surface area contributed by atoms with Crippen LogP contribution in [0, 0.1) is 19.8 Å². The van der Waals surface area contributed by atoms with Crippen molar-refractivity contribution in [3.05, 3.63) is 29.3 Å². The molecule has 0 aromatic heterocycles. The van der Waals surface area contributed by atoms with Gasteiger partial charge in [-0.15, -0.1) is 0 Å². The Balaban J connectivity index is 1.58. The van der Waals surface area contributed by atoms with E-state index in [1.165, 1.54) is 6.92 Å². The number of nitrogens with zero attached hydrogens (tertiary/aromatic N) is 1. The Labute approximate surface area is 176 Å². The minimum absolute atomic E-state index is 0.00571. The third-order valence-electron chi connectivity index (χ3n) is 6.11. The van der Waals surface area contributed by atoms with Crippen molar-refractivity contribution in [3.63, 3.8) is 0 Å². The van der Waals surface area contributed by atoms with Gasteiger partial charge in [-0.1, -0.05) is 37.5 Å². The summed E-state index contributed by atoms with van der Waals surface area (Å²) in [6.45, 7) is 6.71. The van der Waals surface area contributed by atoms with Crippen molar-refractivity contribution >= 4 is 29.5 Å². The van der Waals surface area contributed by atoms with Crippen LogP contribution in [0.1, 0.15) is 50.7 Å². The summed E-state index contributed by atoms with van der Waals surface area (Å²) in [4.78, 5) is 50.9. The maximum Gasteiger partial charge on any atom is 0.327 e. The highest BCUT2D eigenvalue weighted by Crippen LogP contribution is 2.38. The van der Waals surface area contributed by atoms with Crippen LogP contribution in [0.2, 0.25) is 0 Å². The van der Waals surface area contributed by atoms with E-state index in [4.69, 9.17) is 4.74 Å². The smallest absolute Gasteiger partial charge is 0.327 e. The summed E-state index contributed by atoms with van der Waals surface area (Å²) in [5.74, 6) is -1.66. The van der Waals surface area contributed by atoms with Gasteiger partial charge in [0, 0.05) is 5.69 Å². The molecule has 162 valence electrons. The second-order valence-electron chi connectivity index (χ2n) is 8.38. The largest absolute Gasteiger partial charge is 0.451 e. The summed E-state index contributed by atoms with van der Waals surface area (Å²) in [5, 5.41) is 5.52. The number of anilines is 1. The average molecular weight is 415 g/mol. The Morgan fingerprint density at radius 1 is 1.30 bits per heavy atom. The molecule has 0 bridgehead atoms. The van der Waals surface area contributed by atoms with Crippen LogP contribution >= 0.6 is 0 Å². The third kappa shape index (κ3) is 4.17. The Hall–Kier alpha value is -2.90. The van der Waals surface area contributed by atoms with Gasteiger partial charge in [-0.2, -0.15) is 0 Å². The van der Waals surface area contributed by atoms with E-state index in [9.17, 15) is 19.2 Å². The molecule has 1 aromatic rings. The Kier molecular flexibility index (Phi) is 6.14. The molecule has 1 saturated carbocycles. The summed E-state index contributed by atoms with van der Waals surface area (Å²) in [7, 11) is 0. The van der Waals surface area contributed by atoms with Crippen LogP contribution in [-0.4, -0.2) is 46.9 Å². The number of benzene rings is 1. The molecule has 3 rings (SSSR count). The van der Waals surface area contributed by atoms with Crippen LogP contribution < -0.4 is 10.6 Å². The molecule has 8 nitrogen and oxygen atoms in total. The van der Waals surface area contributed by atoms with Crippen molar-refractivity contribution < 1.29 is 23.9 Å². The van der Waals surface area contributed by atoms with E-state index in [0.29, 0.717) is 12.1 Å². The molecular weight excluding hydrogens is 386 g/mol. The maximum atomic E-state index is 12.9. The molecule has 3 atom stereocenters. The van der Waals surface area contributed by atoms with E-state index in [0.717, 1.165) is 35.3 Å². The van der Waals surface area contributed by atoms with Crippen molar-refractivity contribution in [2.75, 3.05) is 11.9 Å². The first-order valence-electron chi connectivity index (χ1n) is 10.4. The van der Waals surface area contributed by atoms with Gasteiger partial charge < -0.3 is 15.4 Å². The third-order valence-corrected chi connectivity index (χ3v) is 6.11. The predicted octanol–water partition coefficient (Wildman–Crippen LogP) is 2.67. The Morgan fingerprint density at radius 3 is 2.70 bits per heavy atom. The number of aryl methyl sites for hydroxylation is 2. The van der Waals surface area contributed by atoms with Crippen LogP contribution in [0.3, 0.4) is 0 Å². The second kappa shape index (κ2) is 8.45. The zero-order valence-electron chi connectivity index (χ0n) is 17.9. The lowest BCUT2D eigenvalue weighted by molar-refractivity contribution is -0.155. The summed E-state index contributed by atoms with van der Waals surface area (Å²) in [5.41, 5.74) is 1.68. The number of rotatable bonds is 5. The second-order valence-corrected chi connectivity index (χ2v) is 8.38. The predicted molar refractivity (Wildman–Crippen MR) is 111 cm³/mol. The lowest BCUT2D eigenvalue weighted by Gasteiger charge is -2.36. The van der Waals surface area contributed by atoms with Crippen LogP contribution in [0.25, 0.3) is 0 Å². The molecule has 4 amide bonds. The number of carbonyl (C=O) groups is 4. The number of carbonyl (C=O) groups excluding carboxylic acids is 4. The van der Waals surface area contributed by atoms with Gasteiger partial charge in [0.25, 0.3) is 11.8 Å². The zero-order chi connectivity index (χ0) is 22.1. The molecule has 1 aliphatic carbocycles. The highest BCUT2D eigenvalue weighted by Gasteiger charge is 2.55. The van der Waals surface area contributed by atoms with Crippen molar-refractivity contribution in [3.8, 4) is 0 Å². The lowest BCUT2D eigenvalue weighted by atomic mass is 9.73. The standard InChI is InChI=1S/C22H29N3O5/c1-13-8-9-17(14(2)11-13)23-19(27)16(4)30-18(26)12-25-20(28)22(24-21(25)29)10-6-5-7-15(22)3/h8-9,11,15-16H,5-7,10,12H2,1-4H3,(H,23,27)(H,24,29)/t15-,16-,22-/m0/s1. The highest BCUT2D eigenvalue weighted by atomic mass is 16.5. The van der Waals surface area contributed by atoms with Gasteiger partial charge in [0.05, 0.1) is 0 Å². The first kappa shape index (κ1) is 21.8. The number of urea groups is 1. The molecule has 2 fully saturated rings. The summed E-state index contributed by atoms with van der Waals surface area (Å²) in [6.07, 6.45) is 2.21. The normalized spacial score (nSPS) is 24.5. The minimum Gasteiger partial charge on any atom is -0.451 e. The van der Waals surface area contributed by atoms with E-state index >= 15 is 0 Å². The molecule has 1 heterocycles. The fourth-order valence-electron chi connectivity index (χ4n) is 4.24. The molecule has 2 N–H and O–H groups in total. The number of imide groups is 1. The number of hydrogen-bond acceptors (Lipinski definition) is 5. The van der Waals surface area contributed by atoms with E-state index < -0.39 is 36.1 Å². The summed E-state index contributed by atoms with van der Waals surface area (Å²) >= 11 is 0. The average Bonchev–Trinajstić information content (AvgIpc) is 2.91. The molecule has 1 aromatic carbocycles. The SMILES string of the molecule is Cc1ccc(NC(=O)[C@H](C)OC(=O)CN2C(=O)N[C@]3(CCCC[C@@H]3C)C2=O)c(C)c1. The number of hydrogen-bond donors (Lipinski definition) is 2. The maximum absolute atomic E-state index is 12.9. The molecule has 8 heteroatoms. The minimum atomic E-state index is -1.07.